The van der Waals surface area contributed by atoms with Crippen LogP contribution in [0, 0.1) is 11.8 Å². The van der Waals surface area contributed by atoms with Crippen LogP contribution in [-0.2, 0) is 24.0 Å². The molecule has 0 aliphatic carbocycles. The van der Waals surface area contributed by atoms with Gasteiger partial charge in [-0.15, -0.1) is 0 Å². The number of amides is 4. The maximum absolute atomic E-state index is 12.8. The predicted molar refractivity (Wildman–Crippen MR) is 111 cm³/mol. The van der Waals surface area contributed by atoms with Crippen LogP contribution in [0.3, 0.4) is 0 Å². The summed E-state index contributed by atoms with van der Waals surface area (Å²) in [6, 6.07) is -5.08. The molecular weight excluding hydrogens is 410 g/mol. The maximum atomic E-state index is 12.8. The molecule has 4 amide bonds. The van der Waals surface area contributed by atoms with Crippen LogP contribution in [0.4, 0.5) is 0 Å². The van der Waals surface area contributed by atoms with Gasteiger partial charge in [-0.1, -0.05) is 34.1 Å². The molecule has 0 radical (unpaired) electrons. The molecule has 6 atom stereocenters. The third-order valence-electron chi connectivity index (χ3n) is 4.89. The zero-order valence-electron chi connectivity index (χ0n) is 18.5. The number of carboxylic acids is 1. The zero-order chi connectivity index (χ0) is 24.5. The first-order valence-electron chi connectivity index (χ1n) is 10.1. The Labute approximate surface area is 181 Å². The number of carbonyl (C=O) groups is 5. The third-order valence-corrected chi connectivity index (χ3v) is 4.89. The summed E-state index contributed by atoms with van der Waals surface area (Å²) in [6.07, 6.45) is -1.40. The van der Waals surface area contributed by atoms with Gasteiger partial charge in [0.2, 0.25) is 23.6 Å². The van der Waals surface area contributed by atoms with Crippen molar-refractivity contribution in [2.75, 3.05) is 0 Å². The number of nitrogens with one attached hydrogen (secondary N) is 3. The minimum atomic E-state index is -1.66. The molecule has 12 nitrogen and oxygen atoms in total. The van der Waals surface area contributed by atoms with Crippen LogP contribution in [0.2, 0.25) is 0 Å². The number of nitrogens with two attached hydrogens (primary N) is 2. The summed E-state index contributed by atoms with van der Waals surface area (Å²) in [4.78, 5) is 60.2. The topological polar surface area (TPSA) is 214 Å². The number of hydrogen-bond acceptors (Lipinski definition) is 7. The SMILES string of the molecule is CCC(C)C(N)C(=O)NC(C(=O)NC(CC(N)=O)C(=O)NC(C(=O)O)C(C)O)C(C)C. The Balaban J connectivity index is 5.49. The number of primary amides is 1. The first-order valence-corrected chi connectivity index (χ1v) is 10.1. The summed E-state index contributed by atoms with van der Waals surface area (Å²) >= 11 is 0. The van der Waals surface area contributed by atoms with Crippen LogP contribution in [0.25, 0.3) is 0 Å². The number of aliphatic carboxylic acids is 1. The van der Waals surface area contributed by atoms with Gasteiger partial charge in [-0.2, -0.15) is 0 Å². The Morgan fingerprint density at radius 2 is 1.39 bits per heavy atom. The van der Waals surface area contributed by atoms with E-state index in [9.17, 15) is 29.1 Å². The summed E-state index contributed by atoms with van der Waals surface area (Å²) < 4.78 is 0. The van der Waals surface area contributed by atoms with Crippen molar-refractivity contribution in [1.29, 1.82) is 0 Å². The standard InChI is InChI=1S/C19H35N5O7/c1-6-9(4)13(21)17(28)23-14(8(2)3)18(29)22-11(7-12(20)26)16(27)24-15(10(5)25)19(30)31/h8-11,13-15,25H,6-7,21H2,1-5H3,(H2,20,26)(H,22,29)(H,23,28)(H,24,27)(H,30,31). The first-order chi connectivity index (χ1) is 14.2. The molecule has 178 valence electrons. The molecule has 0 aromatic rings. The van der Waals surface area contributed by atoms with E-state index in [4.69, 9.17) is 16.6 Å². The fourth-order valence-electron chi connectivity index (χ4n) is 2.61. The Hall–Kier alpha value is -2.73. The maximum Gasteiger partial charge on any atom is 0.328 e. The molecule has 0 aromatic carbocycles. The molecule has 12 heteroatoms. The van der Waals surface area contributed by atoms with Crippen LogP contribution < -0.4 is 27.4 Å². The van der Waals surface area contributed by atoms with E-state index in [1.54, 1.807) is 20.8 Å². The third kappa shape index (κ3) is 9.30. The second-order valence-corrected chi connectivity index (χ2v) is 7.94. The zero-order valence-corrected chi connectivity index (χ0v) is 18.5. The number of rotatable bonds is 13. The van der Waals surface area contributed by atoms with Gasteiger partial charge in [0, 0.05) is 0 Å². The van der Waals surface area contributed by atoms with Gasteiger partial charge in [0.05, 0.1) is 18.6 Å². The highest BCUT2D eigenvalue weighted by atomic mass is 16.4. The summed E-state index contributed by atoms with van der Waals surface area (Å²) in [6.45, 7) is 8.15. The van der Waals surface area contributed by atoms with Crippen molar-refractivity contribution in [3.63, 3.8) is 0 Å². The van der Waals surface area contributed by atoms with E-state index in [0.29, 0.717) is 6.42 Å². The van der Waals surface area contributed by atoms with Crippen molar-refractivity contribution in [2.45, 2.75) is 77.7 Å². The van der Waals surface area contributed by atoms with E-state index in [1.807, 2.05) is 6.92 Å². The first kappa shape index (κ1) is 28.3. The highest BCUT2D eigenvalue weighted by molar-refractivity contribution is 5.96. The van der Waals surface area contributed by atoms with Crippen molar-refractivity contribution >= 4 is 29.6 Å². The van der Waals surface area contributed by atoms with Crippen molar-refractivity contribution in [3.8, 4) is 0 Å². The van der Waals surface area contributed by atoms with Crippen LogP contribution in [-0.4, -0.2) is 70.1 Å². The normalized spacial score (nSPS) is 16.9. The van der Waals surface area contributed by atoms with Crippen LogP contribution in [0.5, 0.6) is 0 Å². The van der Waals surface area contributed by atoms with Gasteiger partial charge in [0.25, 0.3) is 0 Å². The van der Waals surface area contributed by atoms with Crippen LogP contribution in [0.1, 0.15) is 47.5 Å². The van der Waals surface area contributed by atoms with E-state index in [-0.39, 0.29) is 5.92 Å². The van der Waals surface area contributed by atoms with Gasteiger partial charge in [0.15, 0.2) is 6.04 Å². The number of carboxylic acid groups (broad SMARTS) is 1. The molecule has 0 aromatic heterocycles. The lowest BCUT2D eigenvalue weighted by atomic mass is 9.97. The predicted octanol–water partition coefficient (Wildman–Crippen LogP) is -2.19. The Morgan fingerprint density at radius 1 is 0.871 bits per heavy atom. The molecule has 9 N–H and O–H groups in total. The largest absolute Gasteiger partial charge is 0.480 e. The fourth-order valence-corrected chi connectivity index (χ4v) is 2.61. The lowest BCUT2D eigenvalue weighted by molar-refractivity contribution is -0.145. The minimum Gasteiger partial charge on any atom is -0.480 e. The molecule has 0 aliphatic rings. The second kappa shape index (κ2) is 12.8. The average molecular weight is 446 g/mol. The van der Waals surface area contributed by atoms with E-state index in [0.717, 1.165) is 6.92 Å². The molecule has 0 fully saturated rings. The Kier molecular flexibility index (Phi) is 11.7. The van der Waals surface area contributed by atoms with E-state index in [1.165, 1.54) is 0 Å². The summed E-state index contributed by atoms with van der Waals surface area (Å²) in [5, 5.41) is 25.5. The van der Waals surface area contributed by atoms with Crippen LogP contribution >= 0.6 is 0 Å². The van der Waals surface area contributed by atoms with Crippen molar-refractivity contribution < 1.29 is 34.2 Å². The van der Waals surface area contributed by atoms with E-state index in [2.05, 4.69) is 16.0 Å². The highest BCUT2D eigenvalue weighted by Gasteiger charge is 2.34. The summed E-state index contributed by atoms with van der Waals surface area (Å²) in [7, 11) is 0. The van der Waals surface area contributed by atoms with E-state index < -0.39 is 72.2 Å². The molecule has 0 heterocycles. The molecular formula is C19H35N5O7. The molecule has 0 aliphatic heterocycles. The molecule has 0 bridgehead atoms. The number of carbonyl (C=O) groups excluding carboxylic acids is 4. The van der Waals surface area contributed by atoms with Crippen molar-refractivity contribution in [3.05, 3.63) is 0 Å². The van der Waals surface area contributed by atoms with Crippen LogP contribution in [0.15, 0.2) is 0 Å². The quantitative estimate of drug-likeness (QED) is 0.165. The molecule has 31 heavy (non-hydrogen) atoms. The fraction of sp³-hybridized carbons (Fsp3) is 0.737. The highest BCUT2D eigenvalue weighted by Crippen LogP contribution is 2.09. The smallest absolute Gasteiger partial charge is 0.328 e. The van der Waals surface area contributed by atoms with Gasteiger partial charge in [-0.3, -0.25) is 19.2 Å². The number of hydrogen-bond donors (Lipinski definition) is 7. The van der Waals surface area contributed by atoms with Gasteiger partial charge in [-0.25, -0.2) is 4.79 Å². The Morgan fingerprint density at radius 3 is 1.77 bits per heavy atom. The van der Waals surface area contributed by atoms with Crippen molar-refractivity contribution in [2.24, 2.45) is 23.3 Å². The number of aliphatic hydroxyl groups is 1. The molecule has 6 unspecified atom stereocenters. The van der Waals surface area contributed by atoms with Crippen molar-refractivity contribution in [1.82, 2.24) is 16.0 Å². The minimum absolute atomic E-state index is 0.127. The lowest BCUT2D eigenvalue weighted by Crippen LogP contribution is -2.60. The molecule has 0 saturated heterocycles. The Bertz CT molecular complexity index is 668. The lowest BCUT2D eigenvalue weighted by Gasteiger charge is -2.27. The molecule has 0 spiro atoms. The van der Waals surface area contributed by atoms with Gasteiger partial charge < -0.3 is 37.6 Å². The molecule has 0 saturated carbocycles. The summed E-state index contributed by atoms with van der Waals surface area (Å²) in [5.74, 6) is -5.28. The van der Waals surface area contributed by atoms with E-state index >= 15 is 0 Å². The summed E-state index contributed by atoms with van der Waals surface area (Å²) in [5.41, 5.74) is 11.0. The average Bonchev–Trinajstić information content (AvgIpc) is 2.66. The van der Waals surface area contributed by atoms with Gasteiger partial charge >= 0.3 is 5.97 Å². The van der Waals surface area contributed by atoms with Gasteiger partial charge in [-0.05, 0) is 18.8 Å². The monoisotopic (exact) mass is 445 g/mol. The number of aliphatic hydroxyl groups excluding tert-OH is 1. The van der Waals surface area contributed by atoms with Gasteiger partial charge in [0.1, 0.15) is 12.1 Å². The molecule has 0 rings (SSSR count). The second-order valence-electron chi connectivity index (χ2n) is 7.94.